The maximum absolute atomic E-state index is 13.4. The molecule has 0 aliphatic heterocycles. The van der Waals surface area contributed by atoms with Crippen molar-refractivity contribution in [3.8, 4) is 0 Å². The van der Waals surface area contributed by atoms with Crippen LogP contribution in [0.25, 0.3) is 11.0 Å². The number of pyridine rings is 1. The second-order valence-corrected chi connectivity index (χ2v) is 8.85. The van der Waals surface area contributed by atoms with Crippen molar-refractivity contribution >= 4 is 61.8 Å². The molecule has 0 fully saturated rings. The third-order valence-corrected chi connectivity index (χ3v) is 7.08. The first-order chi connectivity index (χ1) is 13.3. The van der Waals surface area contributed by atoms with Crippen molar-refractivity contribution in [1.29, 1.82) is 0 Å². The van der Waals surface area contributed by atoms with E-state index < -0.39 is 10.0 Å². The predicted molar refractivity (Wildman–Crippen MR) is 109 cm³/mol. The van der Waals surface area contributed by atoms with Crippen LogP contribution in [-0.2, 0) is 26.0 Å². The number of aromatic nitrogens is 2. The zero-order valence-corrected chi connectivity index (χ0v) is 17.7. The van der Waals surface area contributed by atoms with Gasteiger partial charge in [-0.05, 0) is 43.2 Å². The Kier molecular flexibility index (Phi) is 6.19. The largest absolute Gasteiger partial charge is 0.469 e. The summed E-state index contributed by atoms with van der Waals surface area (Å²) in [6.45, 7) is 0. The number of esters is 1. The minimum atomic E-state index is -4.07. The van der Waals surface area contributed by atoms with Crippen molar-refractivity contribution in [2.75, 3.05) is 7.11 Å². The van der Waals surface area contributed by atoms with E-state index in [4.69, 9.17) is 34.8 Å². The molecule has 2 heterocycles. The molecular formula is C18H15Cl3N2O4S. The van der Waals surface area contributed by atoms with Gasteiger partial charge in [0.05, 0.1) is 28.2 Å². The van der Waals surface area contributed by atoms with Crippen LogP contribution < -0.4 is 0 Å². The maximum Gasteiger partial charge on any atom is 0.305 e. The van der Waals surface area contributed by atoms with Gasteiger partial charge in [-0.25, -0.2) is 17.4 Å². The lowest BCUT2D eigenvalue weighted by Gasteiger charge is -2.13. The fraction of sp³-hybridized carbons (Fsp3) is 0.222. The summed E-state index contributed by atoms with van der Waals surface area (Å²) >= 11 is 18.1. The lowest BCUT2D eigenvalue weighted by Crippen LogP contribution is -2.16. The summed E-state index contributed by atoms with van der Waals surface area (Å²) in [5, 5.41) is 0.310. The number of methoxy groups -OCH3 is 1. The summed E-state index contributed by atoms with van der Waals surface area (Å²) in [6, 6.07) is 9.12. The van der Waals surface area contributed by atoms with Crippen LogP contribution in [0.15, 0.2) is 41.3 Å². The standard InChI is InChI=1S/C18H15Cl3N2O4S/c1-27-17(24)7-2-4-11-10-13-14(8-9-16(20)22-13)23(11)28(25,26)15-6-3-5-12(19)18(15)21/h3,5-6,8-10H,2,4,7H2,1H3. The van der Waals surface area contributed by atoms with E-state index in [9.17, 15) is 13.2 Å². The second kappa shape index (κ2) is 8.29. The third kappa shape index (κ3) is 3.98. The summed E-state index contributed by atoms with van der Waals surface area (Å²) in [5.74, 6) is -0.371. The second-order valence-electron chi connectivity index (χ2n) is 5.93. The van der Waals surface area contributed by atoms with E-state index in [0.29, 0.717) is 29.6 Å². The van der Waals surface area contributed by atoms with E-state index in [2.05, 4.69) is 9.72 Å². The molecule has 2 aromatic heterocycles. The van der Waals surface area contributed by atoms with Gasteiger partial charge in [-0.3, -0.25) is 4.79 Å². The molecule has 0 radical (unpaired) electrons. The van der Waals surface area contributed by atoms with E-state index in [1.807, 2.05) is 0 Å². The van der Waals surface area contributed by atoms with Gasteiger partial charge in [0.15, 0.2) is 0 Å². The molecule has 0 spiro atoms. The van der Waals surface area contributed by atoms with Gasteiger partial charge in [-0.2, -0.15) is 0 Å². The van der Waals surface area contributed by atoms with Crippen LogP contribution in [0.4, 0.5) is 0 Å². The SMILES string of the molecule is COC(=O)CCCc1cc2nc(Cl)ccc2n1S(=O)(=O)c1cccc(Cl)c1Cl. The number of hydrogen-bond donors (Lipinski definition) is 0. The Morgan fingerprint density at radius 2 is 1.93 bits per heavy atom. The molecule has 3 rings (SSSR count). The highest BCUT2D eigenvalue weighted by Gasteiger charge is 2.26. The molecule has 0 N–H and O–H groups in total. The quantitative estimate of drug-likeness (QED) is 0.392. The van der Waals surface area contributed by atoms with Crippen LogP contribution in [-0.4, -0.2) is 30.5 Å². The van der Waals surface area contributed by atoms with Crippen LogP contribution in [0.1, 0.15) is 18.5 Å². The minimum absolute atomic E-state index is 0.0616. The first-order valence-electron chi connectivity index (χ1n) is 8.19. The molecule has 0 saturated heterocycles. The van der Waals surface area contributed by atoms with Crippen molar-refractivity contribution < 1.29 is 17.9 Å². The molecule has 0 unspecified atom stereocenters. The molecule has 0 aliphatic carbocycles. The van der Waals surface area contributed by atoms with E-state index in [1.54, 1.807) is 12.1 Å². The highest BCUT2D eigenvalue weighted by molar-refractivity contribution is 7.90. The van der Waals surface area contributed by atoms with E-state index in [-0.39, 0.29) is 32.5 Å². The average Bonchev–Trinajstić information content (AvgIpc) is 3.01. The van der Waals surface area contributed by atoms with Gasteiger partial charge in [0, 0.05) is 12.1 Å². The lowest BCUT2D eigenvalue weighted by molar-refractivity contribution is -0.140. The number of fused-ring (bicyclic) bond motifs is 1. The zero-order valence-electron chi connectivity index (χ0n) is 14.7. The van der Waals surface area contributed by atoms with Crippen LogP contribution in [0, 0.1) is 0 Å². The number of ether oxygens (including phenoxy) is 1. The number of nitrogens with zero attached hydrogens (tertiary/aromatic N) is 2. The van der Waals surface area contributed by atoms with E-state index in [1.165, 1.54) is 35.3 Å². The molecule has 0 atom stereocenters. The number of halogens is 3. The first kappa shape index (κ1) is 20.9. The smallest absolute Gasteiger partial charge is 0.305 e. The molecule has 0 saturated carbocycles. The molecule has 6 nitrogen and oxygen atoms in total. The Bertz CT molecular complexity index is 1160. The molecule has 3 aromatic rings. The van der Waals surface area contributed by atoms with Gasteiger partial charge in [0.25, 0.3) is 10.0 Å². The zero-order chi connectivity index (χ0) is 20.5. The molecular weight excluding hydrogens is 447 g/mol. The van der Waals surface area contributed by atoms with Crippen LogP contribution in [0.5, 0.6) is 0 Å². The number of rotatable bonds is 6. The highest BCUT2D eigenvalue weighted by Crippen LogP contribution is 2.33. The number of carbonyl (C=O) groups is 1. The average molecular weight is 462 g/mol. The van der Waals surface area contributed by atoms with E-state index >= 15 is 0 Å². The summed E-state index contributed by atoms with van der Waals surface area (Å²) in [5.41, 5.74) is 1.22. The fourth-order valence-electron chi connectivity index (χ4n) is 2.85. The van der Waals surface area contributed by atoms with Crippen molar-refractivity contribution in [3.63, 3.8) is 0 Å². The number of hydrogen-bond acceptors (Lipinski definition) is 5. The first-order valence-corrected chi connectivity index (χ1v) is 10.8. The molecule has 10 heteroatoms. The summed E-state index contributed by atoms with van der Waals surface area (Å²) in [7, 11) is -2.77. The Balaban J connectivity index is 2.16. The molecule has 1 aromatic carbocycles. The molecule has 0 amide bonds. The fourth-order valence-corrected chi connectivity index (χ4v) is 5.30. The minimum Gasteiger partial charge on any atom is -0.469 e. The van der Waals surface area contributed by atoms with Crippen LogP contribution in [0.2, 0.25) is 15.2 Å². The predicted octanol–water partition coefficient (Wildman–Crippen LogP) is 4.73. The molecule has 148 valence electrons. The normalized spacial score (nSPS) is 11.7. The molecule has 0 aliphatic rings. The number of aryl methyl sites for hydroxylation is 1. The topological polar surface area (TPSA) is 78.3 Å². The molecule has 0 bridgehead atoms. The lowest BCUT2D eigenvalue weighted by atomic mass is 10.2. The Hall–Kier alpha value is -1.80. The van der Waals surface area contributed by atoms with Crippen molar-refractivity contribution in [1.82, 2.24) is 8.96 Å². The Morgan fingerprint density at radius 1 is 1.18 bits per heavy atom. The van der Waals surface area contributed by atoms with Crippen LogP contribution >= 0.6 is 34.8 Å². The van der Waals surface area contributed by atoms with Gasteiger partial charge in [0.1, 0.15) is 10.0 Å². The highest BCUT2D eigenvalue weighted by atomic mass is 35.5. The van der Waals surface area contributed by atoms with Crippen LogP contribution in [0.3, 0.4) is 0 Å². The van der Waals surface area contributed by atoms with Gasteiger partial charge >= 0.3 is 5.97 Å². The summed E-state index contributed by atoms with van der Waals surface area (Å²) < 4.78 is 32.6. The monoisotopic (exact) mass is 460 g/mol. The van der Waals surface area contributed by atoms with Gasteiger partial charge in [0.2, 0.25) is 0 Å². The summed E-state index contributed by atoms with van der Waals surface area (Å²) in [6.07, 6.45) is 0.861. The van der Waals surface area contributed by atoms with Crippen molar-refractivity contribution in [3.05, 3.63) is 57.3 Å². The number of carbonyl (C=O) groups excluding carboxylic acids is 1. The number of benzene rings is 1. The van der Waals surface area contributed by atoms with E-state index in [0.717, 1.165) is 0 Å². The molecule has 28 heavy (non-hydrogen) atoms. The van der Waals surface area contributed by atoms with Gasteiger partial charge < -0.3 is 4.74 Å². The van der Waals surface area contributed by atoms with Gasteiger partial charge in [-0.15, -0.1) is 0 Å². The van der Waals surface area contributed by atoms with Gasteiger partial charge in [-0.1, -0.05) is 40.9 Å². The Morgan fingerprint density at radius 3 is 2.64 bits per heavy atom. The summed E-state index contributed by atoms with van der Waals surface area (Å²) in [4.78, 5) is 15.5. The maximum atomic E-state index is 13.4. The van der Waals surface area contributed by atoms with Crippen molar-refractivity contribution in [2.45, 2.75) is 24.2 Å². The third-order valence-electron chi connectivity index (χ3n) is 4.13. The Labute approximate surface area is 177 Å². The van der Waals surface area contributed by atoms with Crippen molar-refractivity contribution in [2.24, 2.45) is 0 Å².